The number of phosphoric acid groups is 1. The molecule has 0 saturated carbocycles. The molecule has 0 aliphatic heterocycles. The molecule has 0 radical (unpaired) electrons. The third-order valence-electron chi connectivity index (χ3n) is 1.13. The van der Waals surface area contributed by atoms with Gasteiger partial charge in [0, 0.05) is 26.5 Å². The zero-order valence-electron chi connectivity index (χ0n) is 7.39. The van der Waals surface area contributed by atoms with Crippen LogP contribution in [0.4, 0.5) is 0 Å². The largest absolute Gasteiger partial charge is 0.530 e. The molecule has 0 aromatic carbocycles. The van der Waals surface area contributed by atoms with E-state index >= 15 is 0 Å². The highest BCUT2D eigenvalue weighted by atomic mass is 31.2. The molecule has 1 rings (SSSR count). The van der Waals surface area contributed by atoms with Crippen LogP contribution in [0.15, 0.2) is 12.3 Å². The summed E-state index contributed by atoms with van der Waals surface area (Å²) in [6.07, 6.45) is 1.53. The van der Waals surface area contributed by atoms with Gasteiger partial charge in [-0.2, -0.15) is 0 Å². The van der Waals surface area contributed by atoms with Gasteiger partial charge in [0.05, 0.1) is 0 Å². The van der Waals surface area contributed by atoms with E-state index in [-0.39, 0.29) is 12.0 Å². The molecule has 1 aromatic rings. The number of aromatic nitrogens is 2. The van der Waals surface area contributed by atoms with E-state index in [0.29, 0.717) is 0 Å². The van der Waals surface area contributed by atoms with E-state index in [2.05, 4.69) is 19.2 Å². The fourth-order valence-corrected chi connectivity index (χ4v) is 1.19. The van der Waals surface area contributed by atoms with Crippen LogP contribution >= 0.6 is 7.82 Å². The molecular formula is C5H12N3O4P. The van der Waals surface area contributed by atoms with Crippen LogP contribution in [0.3, 0.4) is 0 Å². The molecule has 8 heteroatoms. The molecular weight excluding hydrogens is 197 g/mol. The minimum absolute atomic E-state index is 0. The van der Waals surface area contributed by atoms with Gasteiger partial charge in [-0.1, -0.05) is 0 Å². The van der Waals surface area contributed by atoms with Gasteiger partial charge < -0.3 is 10.7 Å². The average molecular weight is 209 g/mol. The lowest BCUT2D eigenvalue weighted by atomic mass is 10.7. The van der Waals surface area contributed by atoms with Crippen molar-refractivity contribution in [1.29, 1.82) is 0 Å². The number of phosphoric ester groups is 1. The molecule has 7 nitrogen and oxygen atoms in total. The van der Waals surface area contributed by atoms with Gasteiger partial charge in [-0.25, -0.2) is 4.57 Å². The summed E-state index contributed by atoms with van der Waals surface area (Å²) in [6.45, 7) is 0. The van der Waals surface area contributed by atoms with Crippen molar-refractivity contribution in [3.05, 3.63) is 12.3 Å². The second-order valence-electron chi connectivity index (χ2n) is 1.82. The molecule has 0 saturated heterocycles. The first-order valence-electron chi connectivity index (χ1n) is 3.11. The van der Waals surface area contributed by atoms with Crippen molar-refractivity contribution in [2.75, 3.05) is 14.2 Å². The standard InChI is InChI=1S/C5H9N2O4P.H3N/c1-9-12(8,10-2)11-5-3-4-6-7-5;/h3-4H,1-2H3,(H,6,7);1H3. The molecule has 0 aliphatic carbocycles. The number of hydrogen-bond donors (Lipinski definition) is 2. The molecule has 1 aromatic heterocycles. The molecule has 76 valence electrons. The Hall–Kier alpha value is -0.880. The van der Waals surface area contributed by atoms with Gasteiger partial charge in [0.25, 0.3) is 0 Å². The Labute approximate surface area is 75.6 Å². The van der Waals surface area contributed by atoms with Crippen molar-refractivity contribution in [3.8, 4) is 5.88 Å². The molecule has 0 fully saturated rings. The van der Waals surface area contributed by atoms with Crippen molar-refractivity contribution in [1.82, 2.24) is 16.3 Å². The fourth-order valence-electron chi connectivity index (χ4n) is 0.561. The second kappa shape index (κ2) is 4.98. The SMILES string of the molecule is COP(=O)(OC)Oc1cc[nH]n1.N. The maximum atomic E-state index is 11.3. The lowest BCUT2D eigenvalue weighted by Gasteiger charge is -2.11. The molecule has 0 atom stereocenters. The van der Waals surface area contributed by atoms with Gasteiger partial charge in [0.2, 0.25) is 5.88 Å². The predicted molar refractivity (Wildman–Crippen MR) is 45.9 cm³/mol. The van der Waals surface area contributed by atoms with Crippen molar-refractivity contribution in [3.63, 3.8) is 0 Å². The predicted octanol–water partition coefficient (Wildman–Crippen LogP) is 1.35. The van der Waals surface area contributed by atoms with E-state index in [0.717, 1.165) is 0 Å². The molecule has 4 N–H and O–H groups in total. The second-order valence-corrected chi connectivity index (χ2v) is 3.62. The number of nitrogens with zero attached hydrogens (tertiary/aromatic N) is 1. The van der Waals surface area contributed by atoms with Crippen LogP contribution in [-0.4, -0.2) is 24.4 Å². The normalized spacial score (nSPS) is 10.6. The fraction of sp³-hybridized carbons (Fsp3) is 0.400. The lowest BCUT2D eigenvalue weighted by molar-refractivity contribution is 0.209. The van der Waals surface area contributed by atoms with Crippen LogP contribution in [0.5, 0.6) is 5.88 Å². The summed E-state index contributed by atoms with van der Waals surface area (Å²) >= 11 is 0. The summed E-state index contributed by atoms with van der Waals surface area (Å²) in [5.74, 6) is 0.169. The monoisotopic (exact) mass is 209 g/mol. The smallest absolute Gasteiger partial charge is 0.384 e. The lowest BCUT2D eigenvalue weighted by Crippen LogP contribution is -1.97. The Morgan fingerprint density at radius 3 is 2.46 bits per heavy atom. The van der Waals surface area contributed by atoms with Gasteiger partial charge in [0.1, 0.15) is 0 Å². The van der Waals surface area contributed by atoms with Crippen molar-refractivity contribution >= 4 is 7.82 Å². The number of nitrogens with one attached hydrogen (secondary N) is 1. The maximum absolute atomic E-state index is 11.3. The molecule has 0 spiro atoms. The zero-order chi connectivity index (χ0) is 9.03. The number of H-pyrrole nitrogens is 1. The Morgan fingerprint density at radius 1 is 1.46 bits per heavy atom. The first-order chi connectivity index (χ1) is 5.70. The van der Waals surface area contributed by atoms with E-state index in [1.165, 1.54) is 26.5 Å². The van der Waals surface area contributed by atoms with Crippen molar-refractivity contribution in [2.24, 2.45) is 0 Å². The van der Waals surface area contributed by atoms with Crippen LogP contribution in [0.1, 0.15) is 0 Å². The summed E-state index contributed by atoms with van der Waals surface area (Å²) in [6, 6.07) is 1.50. The molecule has 0 bridgehead atoms. The van der Waals surface area contributed by atoms with E-state index in [9.17, 15) is 4.57 Å². The first-order valence-corrected chi connectivity index (χ1v) is 4.57. The summed E-state index contributed by atoms with van der Waals surface area (Å²) in [5, 5.41) is 6.11. The van der Waals surface area contributed by atoms with Crippen LogP contribution < -0.4 is 10.7 Å². The van der Waals surface area contributed by atoms with Gasteiger partial charge in [-0.3, -0.25) is 14.1 Å². The summed E-state index contributed by atoms with van der Waals surface area (Å²) < 4.78 is 25.1. The van der Waals surface area contributed by atoms with Crippen LogP contribution in [0.2, 0.25) is 0 Å². The Morgan fingerprint density at radius 2 is 2.08 bits per heavy atom. The minimum atomic E-state index is -3.45. The summed E-state index contributed by atoms with van der Waals surface area (Å²) in [7, 11) is -0.986. The molecule has 1 heterocycles. The Kier molecular flexibility index (Phi) is 4.64. The summed E-state index contributed by atoms with van der Waals surface area (Å²) in [5.41, 5.74) is 0. The zero-order valence-corrected chi connectivity index (χ0v) is 8.28. The highest BCUT2D eigenvalue weighted by Crippen LogP contribution is 2.46. The first kappa shape index (κ1) is 12.1. The van der Waals surface area contributed by atoms with Crippen molar-refractivity contribution in [2.45, 2.75) is 0 Å². The van der Waals surface area contributed by atoms with E-state index in [1.54, 1.807) is 0 Å². The highest BCUT2D eigenvalue weighted by molar-refractivity contribution is 7.48. The Bertz CT molecular complexity index is 267. The van der Waals surface area contributed by atoms with Crippen LogP contribution in [-0.2, 0) is 13.6 Å². The summed E-state index contributed by atoms with van der Waals surface area (Å²) in [4.78, 5) is 0. The molecule has 13 heavy (non-hydrogen) atoms. The Balaban J connectivity index is 0.00000144. The molecule has 0 amide bonds. The average Bonchev–Trinajstić information content (AvgIpc) is 2.57. The third-order valence-corrected chi connectivity index (χ3v) is 2.43. The van der Waals surface area contributed by atoms with Crippen LogP contribution in [0, 0.1) is 0 Å². The number of aromatic amines is 1. The quantitative estimate of drug-likeness (QED) is 0.724. The van der Waals surface area contributed by atoms with Gasteiger partial charge >= 0.3 is 7.82 Å². The molecule has 0 aliphatic rings. The highest BCUT2D eigenvalue weighted by Gasteiger charge is 2.25. The topological polar surface area (TPSA) is 108 Å². The third kappa shape index (κ3) is 3.16. The van der Waals surface area contributed by atoms with E-state index in [1.807, 2.05) is 0 Å². The maximum Gasteiger partial charge on any atom is 0.530 e. The van der Waals surface area contributed by atoms with E-state index in [4.69, 9.17) is 4.52 Å². The number of hydrogen-bond acceptors (Lipinski definition) is 6. The van der Waals surface area contributed by atoms with E-state index < -0.39 is 7.82 Å². The number of rotatable bonds is 4. The molecule has 0 unspecified atom stereocenters. The van der Waals surface area contributed by atoms with Gasteiger partial charge in [0.15, 0.2) is 0 Å². The van der Waals surface area contributed by atoms with Gasteiger partial charge in [-0.15, -0.1) is 5.10 Å². The van der Waals surface area contributed by atoms with Gasteiger partial charge in [-0.05, 0) is 0 Å². The van der Waals surface area contributed by atoms with Crippen LogP contribution in [0.25, 0.3) is 0 Å². The van der Waals surface area contributed by atoms with Crippen molar-refractivity contribution < 1.29 is 18.1 Å². The minimum Gasteiger partial charge on any atom is -0.384 e.